The zero-order valence-corrected chi connectivity index (χ0v) is 12.7. The standard InChI is InChI=1S/C17H14FN.C2H6/c1-12(13-6-4-3-5-7-13)16-11-19(2)17-10-14(18)8-9-15(16)17;1-2/h3-11H,1H2,2H3;1-2H3. The normalized spacial score (nSPS) is 10.1. The molecule has 0 amide bonds. The highest BCUT2D eigenvalue weighted by molar-refractivity contribution is 5.96. The lowest BCUT2D eigenvalue weighted by Gasteiger charge is -2.04. The minimum absolute atomic E-state index is 0.217. The van der Waals surface area contributed by atoms with Crippen LogP contribution in [-0.4, -0.2) is 4.57 Å². The molecule has 0 aliphatic rings. The fourth-order valence-corrected chi connectivity index (χ4v) is 2.39. The number of hydrogen-bond acceptors (Lipinski definition) is 0. The van der Waals surface area contributed by atoms with Crippen molar-refractivity contribution in [3.05, 3.63) is 78.3 Å². The maximum Gasteiger partial charge on any atom is 0.125 e. The SMILES string of the molecule is C=C(c1ccccc1)c1cn(C)c2cc(F)ccc12.CC. The number of nitrogens with zero attached hydrogens (tertiary/aromatic N) is 1. The van der Waals surface area contributed by atoms with Crippen molar-refractivity contribution < 1.29 is 4.39 Å². The van der Waals surface area contributed by atoms with Gasteiger partial charge in [-0.3, -0.25) is 0 Å². The summed E-state index contributed by atoms with van der Waals surface area (Å²) in [5.74, 6) is -0.217. The van der Waals surface area contributed by atoms with Crippen molar-refractivity contribution in [3.8, 4) is 0 Å². The van der Waals surface area contributed by atoms with Crippen LogP contribution in [0.2, 0.25) is 0 Å². The second-order valence-electron chi connectivity index (χ2n) is 4.66. The molecule has 1 aromatic heterocycles. The zero-order valence-electron chi connectivity index (χ0n) is 12.7. The molecule has 0 spiro atoms. The van der Waals surface area contributed by atoms with Crippen LogP contribution in [0.4, 0.5) is 4.39 Å². The van der Waals surface area contributed by atoms with Gasteiger partial charge in [0, 0.05) is 24.2 Å². The van der Waals surface area contributed by atoms with E-state index in [2.05, 4.69) is 6.58 Å². The van der Waals surface area contributed by atoms with Crippen molar-refractivity contribution in [1.29, 1.82) is 0 Å². The Morgan fingerprint density at radius 1 is 1.05 bits per heavy atom. The molecular weight excluding hydrogens is 261 g/mol. The van der Waals surface area contributed by atoms with Gasteiger partial charge in [-0.1, -0.05) is 50.8 Å². The third-order valence-corrected chi connectivity index (χ3v) is 3.40. The maximum absolute atomic E-state index is 13.3. The Kier molecular flexibility index (Phi) is 4.59. The van der Waals surface area contributed by atoms with Gasteiger partial charge < -0.3 is 4.57 Å². The number of fused-ring (bicyclic) bond motifs is 1. The molecule has 0 saturated carbocycles. The van der Waals surface area contributed by atoms with Crippen molar-refractivity contribution in [2.75, 3.05) is 0 Å². The first-order valence-corrected chi connectivity index (χ1v) is 7.16. The molecule has 1 nitrogen and oxygen atoms in total. The van der Waals surface area contributed by atoms with Crippen LogP contribution in [0.15, 0.2) is 61.3 Å². The fourth-order valence-electron chi connectivity index (χ4n) is 2.39. The first kappa shape index (κ1) is 15.0. The minimum atomic E-state index is -0.217. The summed E-state index contributed by atoms with van der Waals surface area (Å²) in [6.45, 7) is 8.17. The molecule has 0 N–H and O–H groups in total. The van der Waals surface area contributed by atoms with E-state index in [4.69, 9.17) is 0 Å². The number of halogens is 1. The minimum Gasteiger partial charge on any atom is -0.350 e. The summed E-state index contributed by atoms with van der Waals surface area (Å²) in [6, 6.07) is 14.9. The highest BCUT2D eigenvalue weighted by atomic mass is 19.1. The summed E-state index contributed by atoms with van der Waals surface area (Å²) in [5, 5.41) is 1.03. The first-order chi connectivity index (χ1) is 10.2. The van der Waals surface area contributed by atoms with E-state index in [0.717, 1.165) is 27.6 Å². The summed E-state index contributed by atoms with van der Waals surface area (Å²) < 4.78 is 15.2. The predicted molar refractivity (Wildman–Crippen MR) is 88.8 cm³/mol. The Morgan fingerprint density at radius 3 is 2.38 bits per heavy atom. The molecule has 0 unspecified atom stereocenters. The molecule has 0 bridgehead atoms. The Balaban J connectivity index is 0.000000774. The number of benzene rings is 2. The van der Waals surface area contributed by atoms with Crippen LogP contribution in [-0.2, 0) is 7.05 Å². The molecule has 0 saturated heterocycles. The molecule has 3 aromatic rings. The van der Waals surface area contributed by atoms with Crippen LogP contribution in [0, 0.1) is 5.82 Å². The van der Waals surface area contributed by atoms with Crippen molar-refractivity contribution in [2.45, 2.75) is 13.8 Å². The van der Waals surface area contributed by atoms with E-state index in [1.807, 2.05) is 68.1 Å². The van der Waals surface area contributed by atoms with Crippen molar-refractivity contribution in [2.24, 2.45) is 7.05 Å². The highest BCUT2D eigenvalue weighted by Crippen LogP contribution is 2.30. The number of rotatable bonds is 2. The van der Waals surface area contributed by atoms with E-state index in [0.29, 0.717) is 0 Å². The average Bonchev–Trinajstić information content (AvgIpc) is 2.86. The third kappa shape index (κ3) is 2.89. The molecule has 2 aromatic carbocycles. The van der Waals surface area contributed by atoms with Gasteiger partial charge in [0.15, 0.2) is 0 Å². The van der Waals surface area contributed by atoms with Gasteiger partial charge in [0.1, 0.15) is 5.82 Å². The molecule has 108 valence electrons. The molecular formula is C19H20FN. The second-order valence-corrected chi connectivity index (χ2v) is 4.66. The van der Waals surface area contributed by atoms with Gasteiger partial charge >= 0.3 is 0 Å². The lowest BCUT2D eigenvalue weighted by atomic mass is 9.99. The summed E-state index contributed by atoms with van der Waals surface area (Å²) in [6.07, 6.45) is 2.00. The lowest BCUT2D eigenvalue weighted by Crippen LogP contribution is -1.84. The summed E-state index contributed by atoms with van der Waals surface area (Å²) in [5.41, 5.74) is 3.97. The van der Waals surface area contributed by atoms with Gasteiger partial charge in [-0.05, 0) is 29.3 Å². The van der Waals surface area contributed by atoms with Crippen LogP contribution in [0.5, 0.6) is 0 Å². The summed E-state index contributed by atoms with van der Waals surface area (Å²) in [7, 11) is 1.92. The first-order valence-electron chi connectivity index (χ1n) is 7.16. The van der Waals surface area contributed by atoms with Gasteiger partial charge in [0.05, 0.1) is 5.52 Å². The van der Waals surface area contributed by atoms with Crippen LogP contribution in [0.25, 0.3) is 16.5 Å². The van der Waals surface area contributed by atoms with Gasteiger partial charge in [-0.15, -0.1) is 0 Å². The summed E-state index contributed by atoms with van der Waals surface area (Å²) in [4.78, 5) is 0. The molecule has 3 rings (SSSR count). The Morgan fingerprint density at radius 2 is 1.71 bits per heavy atom. The predicted octanol–water partition coefficient (Wildman–Crippen LogP) is 5.41. The van der Waals surface area contributed by atoms with Crippen LogP contribution >= 0.6 is 0 Å². The zero-order chi connectivity index (χ0) is 15.4. The molecule has 1 heterocycles. The van der Waals surface area contributed by atoms with E-state index in [-0.39, 0.29) is 5.82 Å². The quantitative estimate of drug-likeness (QED) is 0.592. The van der Waals surface area contributed by atoms with Crippen molar-refractivity contribution in [1.82, 2.24) is 4.57 Å². The van der Waals surface area contributed by atoms with E-state index in [1.165, 1.54) is 6.07 Å². The van der Waals surface area contributed by atoms with Crippen LogP contribution < -0.4 is 0 Å². The molecule has 0 aliphatic heterocycles. The van der Waals surface area contributed by atoms with Gasteiger partial charge in [-0.25, -0.2) is 4.39 Å². The van der Waals surface area contributed by atoms with Crippen LogP contribution in [0.1, 0.15) is 25.0 Å². The summed E-state index contributed by atoms with van der Waals surface area (Å²) >= 11 is 0. The number of aromatic nitrogens is 1. The molecule has 0 aliphatic carbocycles. The van der Waals surface area contributed by atoms with Gasteiger partial charge in [0.2, 0.25) is 0 Å². The number of hydrogen-bond donors (Lipinski definition) is 0. The second kappa shape index (κ2) is 6.40. The smallest absolute Gasteiger partial charge is 0.125 e. The largest absolute Gasteiger partial charge is 0.350 e. The van der Waals surface area contributed by atoms with Crippen LogP contribution in [0.3, 0.4) is 0 Å². The van der Waals surface area contributed by atoms with E-state index >= 15 is 0 Å². The lowest BCUT2D eigenvalue weighted by molar-refractivity contribution is 0.629. The van der Waals surface area contributed by atoms with E-state index in [1.54, 1.807) is 6.07 Å². The average molecular weight is 281 g/mol. The topological polar surface area (TPSA) is 4.93 Å². The van der Waals surface area contributed by atoms with Gasteiger partial charge in [-0.2, -0.15) is 0 Å². The van der Waals surface area contributed by atoms with Gasteiger partial charge in [0.25, 0.3) is 0 Å². The molecule has 21 heavy (non-hydrogen) atoms. The molecule has 0 atom stereocenters. The van der Waals surface area contributed by atoms with E-state index < -0.39 is 0 Å². The fraction of sp³-hybridized carbons (Fsp3) is 0.158. The maximum atomic E-state index is 13.3. The third-order valence-electron chi connectivity index (χ3n) is 3.40. The van der Waals surface area contributed by atoms with E-state index in [9.17, 15) is 4.39 Å². The Hall–Kier alpha value is -2.35. The molecule has 0 fully saturated rings. The number of aryl methyl sites for hydroxylation is 1. The molecule has 0 radical (unpaired) electrons. The molecule has 2 heteroatoms. The van der Waals surface area contributed by atoms with Crippen molar-refractivity contribution in [3.63, 3.8) is 0 Å². The Labute approximate surface area is 125 Å². The monoisotopic (exact) mass is 281 g/mol. The highest BCUT2D eigenvalue weighted by Gasteiger charge is 2.11. The van der Waals surface area contributed by atoms with Crippen molar-refractivity contribution >= 4 is 16.5 Å². The Bertz CT molecular complexity index is 754.